The van der Waals surface area contributed by atoms with Crippen molar-refractivity contribution in [3.8, 4) is 50.2 Å². The SMILES string of the molecule is c1ccc(-c2ccccc2-c2ccc(-n3c4cccc5c4c4c6c(cccc6ccc43)-c3ccccc3-5)cc2)cc1. The maximum atomic E-state index is 2.45. The van der Waals surface area contributed by atoms with E-state index < -0.39 is 0 Å². The van der Waals surface area contributed by atoms with Crippen molar-refractivity contribution in [1.82, 2.24) is 4.57 Å². The Balaban J connectivity index is 1.30. The smallest absolute Gasteiger partial charge is 0.0547 e. The molecule has 0 atom stereocenters. The number of aromatic nitrogens is 1. The standard InChI is InChI=1S/C40H25N/c1-2-10-26(11-3-1)30-13-4-5-14-31(30)27-20-23-29(24-21-27)41-36-19-9-18-35-33-16-7-6-15-32(33)34-17-8-12-28-22-25-37(41)40(38(28)34)39(35)36/h1-25H. The maximum Gasteiger partial charge on any atom is 0.0547 e. The highest BCUT2D eigenvalue weighted by Crippen LogP contribution is 2.49. The Bertz CT molecular complexity index is 2290. The molecule has 1 heterocycles. The minimum atomic E-state index is 1.17. The fraction of sp³-hybridized carbons (Fsp3) is 0. The summed E-state index contributed by atoms with van der Waals surface area (Å²) in [5, 5.41) is 5.32. The average molecular weight is 520 g/mol. The van der Waals surface area contributed by atoms with Gasteiger partial charge in [-0.2, -0.15) is 0 Å². The zero-order chi connectivity index (χ0) is 26.9. The molecule has 190 valence electrons. The Morgan fingerprint density at radius 3 is 1.54 bits per heavy atom. The third kappa shape index (κ3) is 3.18. The van der Waals surface area contributed by atoms with Crippen molar-refractivity contribution in [3.63, 3.8) is 0 Å². The second-order valence-electron chi connectivity index (χ2n) is 10.9. The van der Waals surface area contributed by atoms with Crippen LogP contribution in [0.25, 0.3) is 82.8 Å². The van der Waals surface area contributed by atoms with E-state index in [2.05, 4.69) is 156 Å². The highest BCUT2D eigenvalue weighted by atomic mass is 15.0. The molecule has 0 N–H and O–H groups in total. The Kier molecular flexibility index (Phi) is 4.67. The van der Waals surface area contributed by atoms with Gasteiger partial charge in [0, 0.05) is 16.5 Å². The second kappa shape index (κ2) is 8.55. The van der Waals surface area contributed by atoms with Crippen LogP contribution in [0.2, 0.25) is 0 Å². The lowest BCUT2D eigenvalue weighted by Gasteiger charge is -2.14. The third-order valence-electron chi connectivity index (χ3n) is 8.75. The van der Waals surface area contributed by atoms with Crippen LogP contribution in [-0.4, -0.2) is 4.57 Å². The van der Waals surface area contributed by atoms with E-state index in [1.54, 1.807) is 0 Å². The monoisotopic (exact) mass is 519 g/mol. The van der Waals surface area contributed by atoms with Gasteiger partial charge in [-0.3, -0.25) is 0 Å². The van der Waals surface area contributed by atoms with Crippen LogP contribution in [0.5, 0.6) is 0 Å². The highest BCUT2D eigenvalue weighted by Gasteiger charge is 2.24. The van der Waals surface area contributed by atoms with E-state index in [0.29, 0.717) is 0 Å². The van der Waals surface area contributed by atoms with E-state index in [-0.39, 0.29) is 0 Å². The molecule has 1 aliphatic carbocycles. The molecule has 1 heteroatoms. The zero-order valence-electron chi connectivity index (χ0n) is 22.4. The van der Waals surface area contributed by atoms with Gasteiger partial charge in [-0.05, 0) is 79.5 Å². The molecule has 0 saturated heterocycles. The molecule has 1 aromatic heterocycles. The van der Waals surface area contributed by atoms with Crippen LogP contribution in [0.1, 0.15) is 0 Å². The molecule has 0 fully saturated rings. The van der Waals surface area contributed by atoms with E-state index in [1.165, 1.54) is 82.8 Å². The molecule has 1 nitrogen and oxygen atoms in total. The first-order valence-corrected chi connectivity index (χ1v) is 14.2. The Hall–Kier alpha value is -5.40. The van der Waals surface area contributed by atoms with Crippen LogP contribution in [0.4, 0.5) is 0 Å². The molecule has 8 aromatic rings. The van der Waals surface area contributed by atoms with E-state index in [1.807, 2.05) is 0 Å². The number of benzene rings is 7. The minimum Gasteiger partial charge on any atom is -0.309 e. The lowest BCUT2D eigenvalue weighted by atomic mass is 9.93. The summed E-state index contributed by atoms with van der Waals surface area (Å²) in [6, 6.07) is 55.4. The van der Waals surface area contributed by atoms with Gasteiger partial charge in [0.1, 0.15) is 0 Å². The van der Waals surface area contributed by atoms with Crippen molar-refractivity contribution in [3.05, 3.63) is 152 Å². The molecule has 0 aliphatic heterocycles. The van der Waals surface area contributed by atoms with Gasteiger partial charge in [-0.1, -0.05) is 127 Å². The first-order valence-electron chi connectivity index (χ1n) is 14.2. The Morgan fingerprint density at radius 1 is 0.293 bits per heavy atom. The summed E-state index contributed by atoms with van der Waals surface area (Å²) < 4.78 is 2.45. The van der Waals surface area contributed by atoms with Crippen LogP contribution in [0, 0.1) is 0 Å². The summed E-state index contributed by atoms with van der Waals surface area (Å²) in [4.78, 5) is 0. The molecular weight excluding hydrogens is 494 g/mol. The largest absolute Gasteiger partial charge is 0.309 e. The third-order valence-corrected chi connectivity index (χ3v) is 8.75. The molecule has 1 aliphatic rings. The fourth-order valence-corrected chi connectivity index (χ4v) is 7.00. The van der Waals surface area contributed by atoms with Crippen molar-refractivity contribution in [2.75, 3.05) is 0 Å². The topological polar surface area (TPSA) is 4.93 Å². The predicted molar refractivity (Wildman–Crippen MR) is 174 cm³/mol. The number of hydrogen-bond acceptors (Lipinski definition) is 0. The molecule has 41 heavy (non-hydrogen) atoms. The number of rotatable bonds is 3. The van der Waals surface area contributed by atoms with E-state index in [4.69, 9.17) is 0 Å². The van der Waals surface area contributed by atoms with Crippen molar-refractivity contribution >= 4 is 32.6 Å². The van der Waals surface area contributed by atoms with Crippen molar-refractivity contribution < 1.29 is 0 Å². The normalized spacial score (nSPS) is 11.9. The Labute approximate surface area is 238 Å². The van der Waals surface area contributed by atoms with Crippen LogP contribution >= 0.6 is 0 Å². The van der Waals surface area contributed by atoms with Crippen molar-refractivity contribution in [1.29, 1.82) is 0 Å². The lowest BCUT2D eigenvalue weighted by molar-refractivity contribution is 1.18. The predicted octanol–water partition coefficient (Wildman–Crippen LogP) is 10.9. The summed E-state index contributed by atoms with van der Waals surface area (Å²) in [5.74, 6) is 0. The van der Waals surface area contributed by atoms with Gasteiger partial charge in [-0.25, -0.2) is 0 Å². The minimum absolute atomic E-state index is 1.17. The van der Waals surface area contributed by atoms with E-state index in [9.17, 15) is 0 Å². The Morgan fingerprint density at radius 2 is 0.829 bits per heavy atom. The molecule has 7 aromatic carbocycles. The van der Waals surface area contributed by atoms with Gasteiger partial charge in [0.05, 0.1) is 11.0 Å². The molecule has 0 unspecified atom stereocenters. The summed E-state index contributed by atoms with van der Waals surface area (Å²) in [6.07, 6.45) is 0. The zero-order valence-corrected chi connectivity index (χ0v) is 22.4. The van der Waals surface area contributed by atoms with Crippen LogP contribution < -0.4 is 0 Å². The lowest BCUT2D eigenvalue weighted by Crippen LogP contribution is -1.95. The number of fused-ring (bicyclic) bond motifs is 3. The van der Waals surface area contributed by atoms with Gasteiger partial charge >= 0.3 is 0 Å². The number of nitrogens with zero attached hydrogens (tertiary/aromatic N) is 1. The van der Waals surface area contributed by atoms with Crippen LogP contribution in [0.15, 0.2) is 152 Å². The van der Waals surface area contributed by atoms with Gasteiger partial charge < -0.3 is 4.57 Å². The molecule has 9 rings (SSSR count). The summed E-state index contributed by atoms with van der Waals surface area (Å²) in [7, 11) is 0. The summed E-state index contributed by atoms with van der Waals surface area (Å²) >= 11 is 0. The highest BCUT2D eigenvalue weighted by molar-refractivity contribution is 6.30. The van der Waals surface area contributed by atoms with Crippen molar-refractivity contribution in [2.45, 2.75) is 0 Å². The summed E-state index contributed by atoms with van der Waals surface area (Å²) in [6.45, 7) is 0. The molecular formula is C40H25N. The van der Waals surface area contributed by atoms with Gasteiger partial charge in [-0.15, -0.1) is 0 Å². The molecule has 0 radical (unpaired) electrons. The molecule has 0 saturated carbocycles. The first kappa shape index (κ1) is 22.4. The van der Waals surface area contributed by atoms with Crippen molar-refractivity contribution in [2.24, 2.45) is 0 Å². The van der Waals surface area contributed by atoms with E-state index in [0.717, 1.165) is 0 Å². The first-order chi connectivity index (χ1) is 20.4. The van der Waals surface area contributed by atoms with Crippen LogP contribution in [0.3, 0.4) is 0 Å². The molecule has 0 bridgehead atoms. The van der Waals surface area contributed by atoms with Gasteiger partial charge in [0.25, 0.3) is 0 Å². The van der Waals surface area contributed by atoms with Crippen LogP contribution in [-0.2, 0) is 0 Å². The van der Waals surface area contributed by atoms with Gasteiger partial charge in [0.15, 0.2) is 0 Å². The summed E-state index contributed by atoms with van der Waals surface area (Å²) in [5.41, 5.74) is 13.8. The average Bonchev–Trinajstić information content (AvgIpc) is 3.33. The molecule has 0 amide bonds. The maximum absolute atomic E-state index is 2.45. The quantitative estimate of drug-likeness (QED) is 0.219. The van der Waals surface area contributed by atoms with Gasteiger partial charge in [0.2, 0.25) is 0 Å². The van der Waals surface area contributed by atoms with E-state index >= 15 is 0 Å². The molecule has 0 spiro atoms. The fourth-order valence-electron chi connectivity index (χ4n) is 7.00. The second-order valence-corrected chi connectivity index (χ2v) is 10.9. The number of hydrogen-bond donors (Lipinski definition) is 0.